The van der Waals surface area contributed by atoms with Gasteiger partial charge in [-0.3, -0.25) is 12.2 Å². The smallest absolute Gasteiger partial charge is 0.273 e. The molecule has 0 saturated carbocycles. The van der Waals surface area contributed by atoms with Gasteiger partial charge in [-0.25, -0.2) is 17.7 Å². The maximum atomic E-state index is 3.61. The van der Waals surface area contributed by atoms with Crippen LogP contribution < -0.4 is 0 Å². The monoisotopic (exact) mass is 302 g/mol. The maximum Gasteiger partial charge on any atom is 2.00 e. The summed E-state index contributed by atoms with van der Waals surface area (Å²) in [5, 5.41) is 0. The molecule has 2 rings (SSSR count). The van der Waals surface area contributed by atoms with Crippen molar-refractivity contribution in [2.24, 2.45) is 0 Å². The van der Waals surface area contributed by atoms with Crippen LogP contribution in [0.1, 0.15) is 46.5 Å². The van der Waals surface area contributed by atoms with Gasteiger partial charge in [0.05, 0.1) is 0 Å². The summed E-state index contributed by atoms with van der Waals surface area (Å²) >= 11 is 0. The van der Waals surface area contributed by atoms with Crippen molar-refractivity contribution in [2.75, 3.05) is 0 Å². The van der Waals surface area contributed by atoms with Gasteiger partial charge in [-0.15, -0.1) is 12.0 Å². The summed E-state index contributed by atoms with van der Waals surface area (Å²) in [6.07, 6.45) is 17.2. The third-order valence-corrected chi connectivity index (χ3v) is 4.32. The van der Waals surface area contributed by atoms with Gasteiger partial charge in [-0.1, -0.05) is 40.0 Å². The van der Waals surface area contributed by atoms with Gasteiger partial charge >= 0.3 is 16.5 Å². The van der Waals surface area contributed by atoms with Crippen LogP contribution in [0.4, 0.5) is 0 Å². The van der Waals surface area contributed by atoms with Crippen LogP contribution in [0.2, 0.25) is 5.54 Å². The van der Waals surface area contributed by atoms with Gasteiger partial charge in [0, 0.05) is 0 Å². The molecule has 0 fully saturated rings. The fourth-order valence-corrected chi connectivity index (χ4v) is 3.61. The third-order valence-electron chi connectivity index (χ3n) is 3.34. The molecule has 0 radical (unpaired) electrons. The number of hydrogen-bond acceptors (Lipinski definition) is 0. The molecule has 0 aromatic heterocycles. The molecular weight excluding hydrogens is 279 g/mol. The molecule has 0 heterocycles. The van der Waals surface area contributed by atoms with E-state index in [4.69, 9.17) is 0 Å². The summed E-state index contributed by atoms with van der Waals surface area (Å²) in [6.45, 7) is 6.78. The van der Waals surface area contributed by atoms with Crippen molar-refractivity contribution < 1.29 is 16.5 Å². The van der Waals surface area contributed by atoms with E-state index in [1.807, 2.05) is 12.2 Å². The van der Waals surface area contributed by atoms with E-state index in [1.165, 1.54) is 35.1 Å². The van der Waals surface area contributed by atoms with Crippen molar-refractivity contribution in [2.45, 2.75) is 52.0 Å². The molecule has 0 nitrogen and oxygen atoms in total. The fraction of sp³-hybridized carbons (Fsp3) is 0.500. The third kappa shape index (κ3) is 4.74. The van der Waals surface area contributed by atoms with E-state index in [1.54, 1.807) is 11.1 Å². The summed E-state index contributed by atoms with van der Waals surface area (Å²) in [5.41, 5.74) is 5.54. The Hall–Kier alpha value is -0.330. The Labute approximate surface area is 126 Å². The van der Waals surface area contributed by atoms with Crippen LogP contribution in [-0.2, 0) is 16.5 Å². The van der Waals surface area contributed by atoms with E-state index in [0.717, 1.165) is 12.0 Å². The Morgan fingerprint density at radius 2 is 1.94 bits per heavy atom. The summed E-state index contributed by atoms with van der Waals surface area (Å²) in [6, 6.07) is 0. The molecule has 102 valence electrons. The van der Waals surface area contributed by atoms with Crippen LogP contribution in [-0.4, -0.2) is 10.2 Å². The number of rotatable bonds is 3. The minimum Gasteiger partial charge on any atom is -0.273 e. The van der Waals surface area contributed by atoms with Gasteiger partial charge in [0.1, 0.15) is 0 Å². The zero-order valence-corrected chi connectivity index (χ0v) is 14.9. The first kappa shape index (κ1) is 17.7. The van der Waals surface area contributed by atoms with Crippen molar-refractivity contribution in [3.8, 4) is 0 Å². The predicted octanol–water partition coefficient (Wildman–Crippen LogP) is 3.71. The first-order valence-corrected chi connectivity index (χ1v) is 7.96. The standard InChI is InChI=1S/C11H19Si.C5H5.Ni/c1-4-8-7-11(12)10(6-3)9(8)5-2;1-2-4-5-3-1;/h11H,4-6H2,1-3,12H3;1-3H,4H2;/q2*-1;+2. The molecule has 2 aliphatic carbocycles. The molecule has 0 amide bonds. The van der Waals surface area contributed by atoms with Gasteiger partial charge in [0.25, 0.3) is 0 Å². The Balaban J connectivity index is 0.000000405. The molecule has 0 spiro atoms. The Bertz CT molecular complexity index is 351. The van der Waals surface area contributed by atoms with Gasteiger partial charge in [0.15, 0.2) is 0 Å². The van der Waals surface area contributed by atoms with Crippen LogP contribution in [0.3, 0.4) is 0 Å². The molecule has 2 heteroatoms. The van der Waals surface area contributed by atoms with Gasteiger partial charge in [-0.2, -0.15) is 17.2 Å². The van der Waals surface area contributed by atoms with Crippen molar-refractivity contribution >= 4 is 10.2 Å². The number of hydrogen-bond donors (Lipinski definition) is 0. The Kier molecular flexibility index (Phi) is 9.41. The minimum absolute atomic E-state index is 0. The maximum absolute atomic E-state index is 3.61. The molecule has 0 bridgehead atoms. The van der Waals surface area contributed by atoms with E-state index in [2.05, 4.69) is 39.0 Å². The SMILES string of the molecule is CCC1=[C-]C([SiH3])C(CC)=C1CC.[C-]1=CC=CC1.[Ni+2]. The van der Waals surface area contributed by atoms with Gasteiger partial charge in [0.2, 0.25) is 0 Å². The second-order valence-electron chi connectivity index (χ2n) is 4.41. The van der Waals surface area contributed by atoms with Crippen molar-refractivity contribution in [1.29, 1.82) is 0 Å². The number of allylic oxidation sites excluding steroid dienone is 8. The van der Waals surface area contributed by atoms with Crippen LogP contribution in [0.25, 0.3) is 0 Å². The quantitative estimate of drug-likeness (QED) is 0.551. The van der Waals surface area contributed by atoms with E-state index in [-0.39, 0.29) is 16.5 Å². The zero-order chi connectivity index (χ0) is 12.7. The topological polar surface area (TPSA) is 0 Å². The molecule has 2 aliphatic rings. The second-order valence-corrected chi connectivity index (χ2v) is 5.57. The van der Waals surface area contributed by atoms with Crippen LogP contribution in [0.15, 0.2) is 34.9 Å². The van der Waals surface area contributed by atoms with E-state index < -0.39 is 0 Å². The largest absolute Gasteiger partial charge is 2.00 e. The predicted molar refractivity (Wildman–Crippen MR) is 79.9 cm³/mol. The Morgan fingerprint density at radius 1 is 1.22 bits per heavy atom. The van der Waals surface area contributed by atoms with E-state index in [0.29, 0.717) is 0 Å². The van der Waals surface area contributed by atoms with Crippen LogP contribution >= 0.6 is 0 Å². The average Bonchev–Trinajstić information content (AvgIpc) is 2.98. The van der Waals surface area contributed by atoms with Gasteiger partial charge < -0.3 is 0 Å². The van der Waals surface area contributed by atoms with E-state index in [9.17, 15) is 0 Å². The normalized spacial score (nSPS) is 20.6. The molecule has 0 N–H and O–H groups in total. The van der Waals surface area contributed by atoms with Crippen molar-refractivity contribution in [3.05, 3.63) is 47.1 Å². The minimum atomic E-state index is 0. The summed E-state index contributed by atoms with van der Waals surface area (Å²) < 4.78 is 0. The fourth-order valence-electron chi connectivity index (χ4n) is 2.51. The molecule has 18 heavy (non-hydrogen) atoms. The average molecular weight is 303 g/mol. The van der Waals surface area contributed by atoms with Gasteiger partial charge in [-0.05, 0) is 10.2 Å². The molecular formula is C16H24NiSi. The first-order valence-electron chi connectivity index (χ1n) is 6.80. The molecule has 0 saturated heterocycles. The molecule has 0 aromatic carbocycles. The van der Waals surface area contributed by atoms with Crippen LogP contribution in [0, 0.1) is 12.2 Å². The van der Waals surface area contributed by atoms with Crippen LogP contribution in [0.5, 0.6) is 0 Å². The van der Waals surface area contributed by atoms with E-state index >= 15 is 0 Å². The summed E-state index contributed by atoms with van der Waals surface area (Å²) in [7, 11) is 1.24. The zero-order valence-electron chi connectivity index (χ0n) is 12.0. The summed E-state index contributed by atoms with van der Waals surface area (Å²) in [4.78, 5) is 0. The Morgan fingerprint density at radius 3 is 2.28 bits per heavy atom. The van der Waals surface area contributed by atoms with Crippen molar-refractivity contribution in [1.82, 2.24) is 0 Å². The molecule has 1 unspecified atom stereocenters. The molecule has 0 aromatic rings. The first-order chi connectivity index (χ1) is 8.24. The molecule has 0 aliphatic heterocycles. The molecule has 1 atom stereocenters. The van der Waals surface area contributed by atoms with Crippen molar-refractivity contribution in [3.63, 3.8) is 0 Å². The second kappa shape index (κ2) is 9.58. The summed E-state index contributed by atoms with van der Waals surface area (Å²) in [5.74, 6) is 0.